The number of ether oxygens (including phenoxy) is 1. The maximum Gasteiger partial charge on any atom is 0.262 e. The molecule has 0 radical (unpaired) electrons. The third-order valence-corrected chi connectivity index (χ3v) is 10.3. The molecule has 0 fully saturated rings. The number of nitrogens with one attached hydrogen (secondary N) is 1. The fraction of sp³-hybridized carbons (Fsp3) is 0.520. The Balaban J connectivity index is 2.13. The Hall–Kier alpha value is -2.36. The van der Waals surface area contributed by atoms with Crippen LogP contribution in [0.25, 0.3) is 10.9 Å². The molecule has 2 rings (SSSR count). The number of amides is 1. The number of nitrogens with zero attached hydrogens (tertiary/aromatic N) is 1. The predicted octanol–water partition coefficient (Wildman–Crippen LogP) is 5.31. The van der Waals surface area contributed by atoms with Crippen molar-refractivity contribution in [3.63, 3.8) is 0 Å². The predicted molar refractivity (Wildman–Crippen MR) is 130 cm³/mol. The first kappa shape index (κ1) is 24.9. The first-order chi connectivity index (χ1) is 14.4. The van der Waals surface area contributed by atoms with E-state index in [0.29, 0.717) is 18.8 Å². The Morgan fingerprint density at radius 3 is 2.55 bits per heavy atom. The van der Waals surface area contributed by atoms with Crippen LogP contribution in [0.15, 0.2) is 36.5 Å². The minimum Gasteiger partial charge on any atom is -0.481 e. The van der Waals surface area contributed by atoms with Gasteiger partial charge < -0.3 is 14.5 Å². The van der Waals surface area contributed by atoms with E-state index in [2.05, 4.69) is 56.0 Å². The Morgan fingerprint density at radius 2 is 1.94 bits per heavy atom. The highest BCUT2D eigenvalue weighted by atomic mass is 28.4. The lowest BCUT2D eigenvalue weighted by molar-refractivity contribution is -0.129. The van der Waals surface area contributed by atoms with Crippen LogP contribution in [0.5, 0.6) is 5.75 Å². The van der Waals surface area contributed by atoms with E-state index in [1.165, 1.54) is 0 Å². The van der Waals surface area contributed by atoms with Crippen LogP contribution in [0.1, 0.15) is 48.0 Å². The van der Waals surface area contributed by atoms with Crippen LogP contribution in [0.2, 0.25) is 18.1 Å². The fourth-order valence-electron chi connectivity index (χ4n) is 2.89. The van der Waals surface area contributed by atoms with Gasteiger partial charge in [-0.3, -0.25) is 9.78 Å². The first-order valence-electron chi connectivity index (χ1n) is 10.8. The number of pyridine rings is 1. The first-order valence-corrected chi connectivity index (χ1v) is 13.7. The van der Waals surface area contributed by atoms with E-state index in [0.717, 1.165) is 10.9 Å². The molecular formula is C25H36N2O3Si. The number of rotatable bonds is 8. The van der Waals surface area contributed by atoms with Crippen LogP contribution in [0.4, 0.5) is 0 Å². The summed E-state index contributed by atoms with van der Waals surface area (Å²) in [6, 6.07) is 9.51. The van der Waals surface area contributed by atoms with E-state index >= 15 is 0 Å². The molecule has 0 saturated heterocycles. The molecule has 0 saturated carbocycles. The summed E-state index contributed by atoms with van der Waals surface area (Å²) in [6.45, 7) is 16.9. The molecule has 0 aliphatic heterocycles. The fourth-order valence-corrected chi connectivity index (χ4v) is 3.97. The van der Waals surface area contributed by atoms with Gasteiger partial charge in [0, 0.05) is 11.6 Å². The summed E-state index contributed by atoms with van der Waals surface area (Å²) in [5, 5.41) is 4.13. The van der Waals surface area contributed by atoms with Crippen molar-refractivity contribution in [3.05, 3.63) is 36.5 Å². The number of hydrogen-bond acceptors (Lipinski definition) is 4. The van der Waals surface area contributed by atoms with Crippen molar-refractivity contribution >= 4 is 25.1 Å². The highest BCUT2D eigenvalue weighted by Gasteiger charge is 2.39. The summed E-state index contributed by atoms with van der Waals surface area (Å²) in [4.78, 5) is 17.4. The van der Waals surface area contributed by atoms with E-state index in [9.17, 15) is 4.79 Å². The largest absolute Gasteiger partial charge is 0.481 e. The minimum absolute atomic E-state index is 0.0809. The number of fused-ring (bicyclic) bond motifs is 1. The minimum atomic E-state index is -1.97. The van der Waals surface area contributed by atoms with Crippen molar-refractivity contribution in [2.45, 2.75) is 77.7 Å². The number of carbonyl (C=O) groups excluding carboxylic acids is 1. The zero-order valence-electron chi connectivity index (χ0n) is 20.1. The van der Waals surface area contributed by atoms with E-state index < -0.39 is 20.0 Å². The van der Waals surface area contributed by atoms with Gasteiger partial charge in [0.1, 0.15) is 11.3 Å². The lowest BCUT2D eigenvalue weighted by Crippen LogP contribution is -2.55. The Labute approximate surface area is 188 Å². The van der Waals surface area contributed by atoms with Crippen molar-refractivity contribution in [1.82, 2.24) is 10.3 Å². The molecule has 1 aromatic heterocycles. The smallest absolute Gasteiger partial charge is 0.262 e. The molecule has 1 N–H and O–H groups in total. The highest BCUT2D eigenvalue weighted by molar-refractivity contribution is 6.74. The van der Waals surface area contributed by atoms with Crippen LogP contribution in [-0.4, -0.2) is 37.5 Å². The second-order valence-electron chi connectivity index (χ2n) is 9.62. The second kappa shape index (κ2) is 9.84. The molecule has 0 aliphatic carbocycles. The van der Waals surface area contributed by atoms with Crippen LogP contribution in [0, 0.1) is 11.8 Å². The monoisotopic (exact) mass is 440 g/mol. The van der Waals surface area contributed by atoms with Crippen LogP contribution in [-0.2, 0) is 9.22 Å². The Bertz CT molecular complexity index is 972. The van der Waals surface area contributed by atoms with E-state index in [1.54, 1.807) is 13.1 Å². The molecule has 1 aromatic carbocycles. The molecule has 0 bridgehead atoms. The SMILES string of the molecule is CC#CC(C)(CO[Si](C)(C)C(C)(C)C)NC(=O)C(CC)Oc1ccc2ncccc2c1. The summed E-state index contributed by atoms with van der Waals surface area (Å²) in [5.74, 6) is 6.52. The van der Waals surface area contributed by atoms with Gasteiger partial charge in [0.25, 0.3) is 5.91 Å². The summed E-state index contributed by atoms with van der Waals surface area (Å²) < 4.78 is 12.4. The third kappa shape index (κ3) is 6.56. The van der Waals surface area contributed by atoms with Crippen molar-refractivity contribution in [2.24, 2.45) is 0 Å². The Kier molecular flexibility index (Phi) is 7.91. The van der Waals surface area contributed by atoms with Crippen molar-refractivity contribution in [3.8, 4) is 17.6 Å². The summed E-state index contributed by atoms with van der Waals surface area (Å²) in [5.41, 5.74) is 0.103. The maximum atomic E-state index is 13.1. The molecule has 2 aromatic rings. The van der Waals surface area contributed by atoms with E-state index in [1.807, 2.05) is 44.2 Å². The van der Waals surface area contributed by atoms with Gasteiger partial charge >= 0.3 is 0 Å². The topological polar surface area (TPSA) is 60.5 Å². The van der Waals surface area contributed by atoms with Crippen molar-refractivity contribution in [2.75, 3.05) is 6.61 Å². The van der Waals surface area contributed by atoms with Gasteiger partial charge in [-0.2, -0.15) is 0 Å². The van der Waals surface area contributed by atoms with Crippen LogP contribution >= 0.6 is 0 Å². The lowest BCUT2D eigenvalue weighted by atomic mass is 10.0. The highest BCUT2D eigenvalue weighted by Crippen LogP contribution is 2.37. The quantitative estimate of drug-likeness (QED) is 0.446. The third-order valence-electron chi connectivity index (χ3n) is 5.84. The zero-order chi connectivity index (χ0) is 23.3. The maximum absolute atomic E-state index is 13.1. The summed E-state index contributed by atoms with van der Waals surface area (Å²) in [7, 11) is -1.97. The van der Waals surface area contributed by atoms with Gasteiger partial charge in [0.2, 0.25) is 0 Å². The number of carbonyl (C=O) groups is 1. The molecule has 5 nitrogen and oxygen atoms in total. The van der Waals surface area contributed by atoms with E-state index in [4.69, 9.17) is 9.16 Å². The standard InChI is InChI=1S/C25H36N2O3Si/c1-9-15-25(6,18-29-31(7,8)24(3,4)5)27-23(28)22(10-2)30-20-13-14-21-19(17-20)12-11-16-26-21/h11-14,16-17,22H,10,18H2,1-8H3,(H,27,28). The van der Waals surface area contributed by atoms with Gasteiger partial charge in [-0.15, -0.1) is 5.92 Å². The average molecular weight is 441 g/mol. The molecule has 6 heteroatoms. The summed E-state index contributed by atoms with van der Waals surface area (Å²) in [6.07, 6.45) is 1.67. The molecular weight excluding hydrogens is 404 g/mol. The second-order valence-corrected chi connectivity index (χ2v) is 14.4. The van der Waals surface area contributed by atoms with Crippen molar-refractivity contribution in [1.29, 1.82) is 0 Å². The van der Waals surface area contributed by atoms with Gasteiger partial charge in [0.05, 0.1) is 12.1 Å². The van der Waals surface area contributed by atoms with Crippen molar-refractivity contribution < 1.29 is 14.0 Å². The molecule has 1 amide bonds. The van der Waals surface area contributed by atoms with Gasteiger partial charge in [0.15, 0.2) is 14.4 Å². The van der Waals surface area contributed by atoms with Gasteiger partial charge in [-0.25, -0.2) is 0 Å². The molecule has 2 unspecified atom stereocenters. The number of aromatic nitrogens is 1. The lowest BCUT2D eigenvalue weighted by Gasteiger charge is -2.39. The van der Waals surface area contributed by atoms with Crippen LogP contribution in [0.3, 0.4) is 0 Å². The average Bonchev–Trinajstić information content (AvgIpc) is 2.69. The van der Waals surface area contributed by atoms with Gasteiger partial charge in [-0.1, -0.05) is 39.7 Å². The van der Waals surface area contributed by atoms with Crippen LogP contribution < -0.4 is 10.1 Å². The summed E-state index contributed by atoms with van der Waals surface area (Å²) >= 11 is 0. The molecule has 2 atom stereocenters. The van der Waals surface area contributed by atoms with E-state index in [-0.39, 0.29) is 10.9 Å². The van der Waals surface area contributed by atoms with Gasteiger partial charge in [-0.05, 0) is 62.7 Å². The number of hydrogen-bond donors (Lipinski definition) is 1. The number of benzene rings is 1. The molecule has 0 spiro atoms. The zero-order valence-corrected chi connectivity index (χ0v) is 21.1. The molecule has 1 heterocycles. The molecule has 0 aliphatic rings. The normalized spacial score (nSPS) is 14.8. The molecule has 168 valence electrons. The Morgan fingerprint density at radius 1 is 1.23 bits per heavy atom. The molecule has 31 heavy (non-hydrogen) atoms.